The van der Waals surface area contributed by atoms with Crippen molar-refractivity contribution in [1.82, 2.24) is 19.6 Å². The smallest absolute Gasteiger partial charge is 0.260 e. The maximum atomic E-state index is 12.6. The van der Waals surface area contributed by atoms with Crippen molar-refractivity contribution in [3.05, 3.63) is 12.0 Å². The molecule has 1 aromatic heterocycles. The first-order valence-corrected chi connectivity index (χ1v) is 9.14. The van der Waals surface area contributed by atoms with Gasteiger partial charge >= 0.3 is 0 Å². The van der Waals surface area contributed by atoms with E-state index in [1.54, 1.807) is 11.2 Å². The number of hydrogen-bond acceptors (Lipinski definition) is 4. The molecule has 2 rings (SSSR count). The third kappa shape index (κ3) is 3.84. The fraction of sp³-hybridized carbons (Fsp3) is 0.786. The maximum Gasteiger partial charge on any atom is 0.260 e. The maximum absolute atomic E-state index is 12.6. The van der Waals surface area contributed by atoms with Crippen LogP contribution >= 0.6 is 0 Å². The van der Waals surface area contributed by atoms with Crippen LogP contribution in [0.3, 0.4) is 0 Å². The van der Waals surface area contributed by atoms with Crippen LogP contribution < -0.4 is 5.32 Å². The van der Waals surface area contributed by atoms with Crippen LogP contribution in [0.2, 0.25) is 0 Å². The fourth-order valence-corrected chi connectivity index (χ4v) is 4.31. The highest BCUT2D eigenvalue weighted by molar-refractivity contribution is 7.89. The van der Waals surface area contributed by atoms with Crippen molar-refractivity contribution in [3.63, 3.8) is 0 Å². The Morgan fingerprint density at radius 2 is 2.33 bits per heavy atom. The van der Waals surface area contributed by atoms with Crippen LogP contribution in [0.5, 0.6) is 0 Å². The lowest BCUT2D eigenvalue weighted by molar-refractivity contribution is 0.224. The molecule has 0 bridgehead atoms. The number of imidazole rings is 1. The van der Waals surface area contributed by atoms with Gasteiger partial charge in [-0.25, -0.2) is 13.4 Å². The summed E-state index contributed by atoms with van der Waals surface area (Å²) in [6, 6.07) is 0.339. The molecule has 0 aromatic carbocycles. The molecule has 2 unspecified atom stereocenters. The minimum absolute atomic E-state index is 0.204. The molecule has 7 heteroatoms. The molecule has 1 aliphatic heterocycles. The summed E-state index contributed by atoms with van der Waals surface area (Å²) in [6.07, 6.45) is 4.49. The summed E-state index contributed by atoms with van der Waals surface area (Å²) in [5.41, 5.74) is 0. The van der Waals surface area contributed by atoms with Crippen LogP contribution in [0, 0.1) is 12.8 Å². The molecule has 1 aromatic rings. The summed E-state index contributed by atoms with van der Waals surface area (Å²) >= 11 is 0. The number of aryl methyl sites for hydroxylation is 1. The monoisotopic (exact) mass is 314 g/mol. The highest BCUT2D eigenvalue weighted by Gasteiger charge is 2.33. The summed E-state index contributed by atoms with van der Waals surface area (Å²) in [5, 5.41) is 3.68. The van der Waals surface area contributed by atoms with E-state index in [9.17, 15) is 8.42 Å². The Morgan fingerprint density at radius 1 is 1.57 bits per heavy atom. The number of aromatic amines is 1. The molecular formula is C14H26N4O2S. The lowest BCUT2D eigenvalue weighted by atomic mass is 9.93. The summed E-state index contributed by atoms with van der Waals surface area (Å²) in [5.74, 6) is 0.990. The molecule has 6 nitrogen and oxygen atoms in total. The number of aromatic nitrogens is 2. The SMILES string of the molecule is CCCNC(C)C1CCCN(S(=O)(=O)c2cnc(C)[nH]2)C1. The van der Waals surface area contributed by atoms with Crippen LogP contribution in [-0.2, 0) is 10.0 Å². The molecule has 1 aliphatic rings. The average molecular weight is 314 g/mol. The molecule has 1 fully saturated rings. The highest BCUT2D eigenvalue weighted by atomic mass is 32.2. The van der Waals surface area contributed by atoms with Crippen molar-refractivity contribution >= 4 is 10.0 Å². The molecular weight excluding hydrogens is 288 g/mol. The van der Waals surface area contributed by atoms with E-state index in [4.69, 9.17) is 0 Å². The van der Waals surface area contributed by atoms with E-state index in [2.05, 4.69) is 29.1 Å². The Labute approximate surface area is 127 Å². The third-order valence-electron chi connectivity index (χ3n) is 4.14. The Kier molecular flexibility index (Phi) is 5.40. The van der Waals surface area contributed by atoms with E-state index in [1.807, 2.05) is 0 Å². The molecule has 0 aliphatic carbocycles. The number of rotatable bonds is 6. The van der Waals surface area contributed by atoms with Crippen LogP contribution in [0.25, 0.3) is 0 Å². The van der Waals surface area contributed by atoms with Crippen molar-refractivity contribution in [2.75, 3.05) is 19.6 Å². The normalized spacial score (nSPS) is 22.3. The molecule has 21 heavy (non-hydrogen) atoms. The van der Waals surface area contributed by atoms with Gasteiger partial charge in [-0.2, -0.15) is 4.31 Å². The van der Waals surface area contributed by atoms with Crippen LogP contribution in [0.1, 0.15) is 38.9 Å². The van der Waals surface area contributed by atoms with E-state index in [-0.39, 0.29) is 5.03 Å². The minimum Gasteiger partial charge on any atom is -0.332 e. The van der Waals surface area contributed by atoms with Crippen molar-refractivity contribution in [3.8, 4) is 0 Å². The largest absolute Gasteiger partial charge is 0.332 e. The van der Waals surface area contributed by atoms with Gasteiger partial charge in [0.2, 0.25) is 0 Å². The fourth-order valence-electron chi connectivity index (χ4n) is 2.81. The number of nitrogens with one attached hydrogen (secondary N) is 2. The van der Waals surface area contributed by atoms with Gasteiger partial charge in [0.05, 0.1) is 6.20 Å². The van der Waals surface area contributed by atoms with Gasteiger partial charge in [0.1, 0.15) is 5.82 Å². The second-order valence-corrected chi connectivity index (χ2v) is 7.75. The van der Waals surface area contributed by atoms with Gasteiger partial charge in [0.25, 0.3) is 10.0 Å². The molecule has 2 heterocycles. The number of hydrogen-bond donors (Lipinski definition) is 2. The first-order valence-electron chi connectivity index (χ1n) is 7.70. The molecule has 120 valence electrons. The second kappa shape index (κ2) is 6.89. The Morgan fingerprint density at radius 3 is 2.95 bits per heavy atom. The number of piperidine rings is 1. The van der Waals surface area contributed by atoms with Crippen LogP contribution in [0.4, 0.5) is 0 Å². The molecule has 2 N–H and O–H groups in total. The van der Waals surface area contributed by atoms with Gasteiger partial charge in [0.15, 0.2) is 5.03 Å². The number of H-pyrrole nitrogens is 1. The minimum atomic E-state index is -3.44. The summed E-state index contributed by atoms with van der Waals surface area (Å²) in [7, 11) is -3.44. The van der Waals surface area contributed by atoms with Crippen LogP contribution in [0.15, 0.2) is 11.2 Å². The van der Waals surface area contributed by atoms with Gasteiger partial charge in [-0.05, 0) is 45.6 Å². The van der Waals surface area contributed by atoms with Gasteiger partial charge in [0, 0.05) is 19.1 Å². The van der Waals surface area contributed by atoms with Gasteiger partial charge in [-0.15, -0.1) is 0 Å². The predicted octanol–water partition coefficient (Wildman–Crippen LogP) is 1.51. The highest BCUT2D eigenvalue weighted by Crippen LogP contribution is 2.24. The molecule has 2 atom stereocenters. The first-order chi connectivity index (χ1) is 9.95. The van der Waals surface area contributed by atoms with E-state index >= 15 is 0 Å². The number of sulfonamides is 1. The number of nitrogens with zero attached hydrogens (tertiary/aromatic N) is 2. The quantitative estimate of drug-likeness (QED) is 0.834. The lowest BCUT2D eigenvalue weighted by Crippen LogP contribution is -2.46. The Bertz CT molecular complexity index is 555. The van der Waals surface area contributed by atoms with E-state index in [1.165, 1.54) is 6.20 Å². The summed E-state index contributed by atoms with van der Waals surface area (Å²) in [6.45, 7) is 8.20. The average Bonchev–Trinajstić information content (AvgIpc) is 2.92. The van der Waals surface area contributed by atoms with Crippen molar-refractivity contribution in [2.24, 2.45) is 5.92 Å². The molecule has 0 spiro atoms. The molecule has 0 saturated carbocycles. The topological polar surface area (TPSA) is 78.1 Å². The zero-order valence-corrected chi connectivity index (χ0v) is 13.9. The second-order valence-electron chi connectivity index (χ2n) is 5.84. The van der Waals surface area contributed by atoms with Gasteiger partial charge in [-0.3, -0.25) is 0 Å². The van der Waals surface area contributed by atoms with Gasteiger partial charge < -0.3 is 10.3 Å². The van der Waals surface area contributed by atoms with Crippen molar-refractivity contribution in [2.45, 2.75) is 51.1 Å². The predicted molar refractivity (Wildman–Crippen MR) is 82.6 cm³/mol. The third-order valence-corrected chi connectivity index (χ3v) is 5.92. The Balaban J connectivity index is 2.06. The van der Waals surface area contributed by atoms with E-state index < -0.39 is 10.0 Å². The van der Waals surface area contributed by atoms with Gasteiger partial charge in [-0.1, -0.05) is 6.92 Å². The van der Waals surface area contributed by atoms with Crippen molar-refractivity contribution < 1.29 is 8.42 Å². The van der Waals surface area contributed by atoms with Crippen LogP contribution in [-0.4, -0.2) is 48.4 Å². The molecule has 0 radical (unpaired) electrons. The zero-order valence-electron chi connectivity index (χ0n) is 13.1. The zero-order chi connectivity index (χ0) is 15.5. The lowest BCUT2D eigenvalue weighted by Gasteiger charge is -2.35. The van der Waals surface area contributed by atoms with E-state index in [0.717, 1.165) is 25.8 Å². The van der Waals surface area contributed by atoms with E-state index in [0.29, 0.717) is 30.9 Å². The van der Waals surface area contributed by atoms with Crippen molar-refractivity contribution in [1.29, 1.82) is 0 Å². The molecule has 0 amide bonds. The summed E-state index contributed by atoms with van der Waals surface area (Å²) in [4.78, 5) is 6.83. The molecule has 1 saturated heterocycles. The standard InChI is InChI=1S/C14H26N4O2S/c1-4-7-15-11(2)13-6-5-8-18(10-13)21(19,20)14-9-16-12(3)17-14/h9,11,13,15H,4-8,10H2,1-3H3,(H,16,17). The first kappa shape index (κ1) is 16.5. The summed E-state index contributed by atoms with van der Waals surface area (Å²) < 4.78 is 26.8. The Hall–Kier alpha value is -0.920.